The minimum Gasteiger partial charge on any atom is -0.462 e. The summed E-state index contributed by atoms with van der Waals surface area (Å²) in [5.41, 5.74) is 0. The molecule has 0 aromatic rings. The van der Waals surface area contributed by atoms with Crippen molar-refractivity contribution in [3.8, 4) is 0 Å². The van der Waals surface area contributed by atoms with Crippen molar-refractivity contribution in [2.45, 2.75) is 174 Å². The van der Waals surface area contributed by atoms with Crippen molar-refractivity contribution in [1.82, 2.24) is 0 Å². The summed E-state index contributed by atoms with van der Waals surface area (Å²) in [7, 11) is -9.70. The molecule has 0 saturated carbocycles. The normalized spacial score (nSPS) is 15.2. The number of carbonyl (C=O) groups excluding carboxylic acids is 2. The number of phosphoric acid groups is 2. The summed E-state index contributed by atoms with van der Waals surface area (Å²) in [6, 6.07) is 0. The number of phosphoric ester groups is 2. The first-order valence-electron chi connectivity index (χ1n) is 21.3. The van der Waals surface area contributed by atoms with Gasteiger partial charge < -0.3 is 34.4 Å². The highest BCUT2D eigenvalue weighted by atomic mass is 31.2. The predicted molar refractivity (Wildman–Crippen MR) is 227 cm³/mol. The van der Waals surface area contributed by atoms with E-state index in [1.165, 1.54) is 38.5 Å². The Balaban J connectivity index is 4.63. The van der Waals surface area contributed by atoms with E-state index in [1.807, 2.05) is 18.2 Å². The lowest BCUT2D eigenvalue weighted by Gasteiger charge is -2.20. The van der Waals surface area contributed by atoms with Gasteiger partial charge in [-0.25, -0.2) is 9.13 Å². The van der Waals surface area contributed by atoms with E-state index in [2.05, 4.69) is 60.2 Å². The molecule has 4 atom stereocenters. The number of aliphatic hydroxyl groups is 2. The van der Waals surface area contributed by atoms with Gasteiger partial charge in [-0.2, -0.15) is 0 Å². The smallest absolute Gasteiger partial charge is 0.462 e. The van der Waals surface area contributed by atoms with E-state index in [-0.39, 0.29) is 18.9 Å². The summed E-state index contributed by atoms with van der Waals surface area (Å²) in [6.07, 6.45) is 31.9. The number of unbranched alkanes of at least 4 members (excludes halogenated alkanes) is 10. The average molecular weight is 867 g/mol. The molecule has 338 valence electrons. The first kappa shape index (κ1) is 56.0. The Morgan fingerprint density at radius 3 is 1.64 bits per heavy atom. The number of rotatable bonds is 39. The highest BCUT2D eigenvalue weighted by Gasteiger charge is 2.28. The van der Waals surface area contributed by atoms with Crippen LogP contribution in [0.3, 0.4) is 0 Å². The fourth-order valence-corrected chi connectivity index (χ4v) is 6.64. The number of carbonyl (C=O) groups is 2. The summed E-state index contributed by atoms with van der Waals surface area (Å²) in [6.45, 7) is 3.77. The van der Waals surface area contributed by atoms with Gasteiger partial charge in [0.25, 0.3) is 0 Å². The molecular formula is C42H76O14P2. The third-order valence-corrected chi connectivity index (χ3v) is 10.1. The summed E-state index contributed by atoms with van der Waals surface area (Å²) < 4.78 is 47.6. The molecule has 16 heteroatoms. The van der Waals surface area contributed by atoms with Gasteiger partial charge in [-0.1, -0.05) is 140 Å². The largest absolute Gasteiger partial charge is 0.472 e. The number of hydrogen-bond donors (Lipinski definition) is 5. The first-order chi connectivity index (χ1) is 27.6. The van der Waals surface area contributed by atoms with Gasteiger partial charge in [0, 0.05) is 12.8 Å². The lowest BCUT2D eigenvalue weighted by atomic mass is 10.0. The highest BCUT2D eigenvalue weighted by molar-refractivity contribution is 7.47. The molecule has 0 amide bonds. The summed E-state index contributed by atoms with van der Waals surface area (Å²) in [5.74, 6) is -0.357. The van der Waals surface area contributed by atoms with Crippen LogP contribution < -0.4 is 0 Å². The van der Waals surface area contributed by atoms with E-state index < -0.39 is 66.2 Å². The molecule has 0 aromatic heterocycles. The molecule has 0 fully saturated rings. The zero-order valence-electron chi connectivity index (χ0n) is 35.4. The Morgan fingerprint density at radius 2 is 1.07 bits per heavy atom. The molecule has 0 aliphatic rings. The molecule has 0 spiro atoms. The molecule has 0 heterocycles. The van der Waals surface area contributed by atoms with Crippen LogP contribution in [0.25, 0.3) is 0 Å². The molecule has 0 aromatic carbocycles. The SMILES string of the molecule is CCCC(O)C/C=C\C/C=C\C/C=C\C/C=C\CCCC(=O)OC[C@H](COP(=O)(O)OC[C@@H](O)COP(=O)(O)O)OC(=O)CCCCCCCCCCCCC(C)C. The third kappa shape index (κ3) is 40.8. The zero-order valence-corrected chi connectivity index (χ0v) is 37.2. The molecule has 0 saturated heterocycles. The second-order valence-electron chi connectivity index (χ2n) is 14.9. The topological polar surface area (TPSA) is 216 Å². The minimum absolute atomic E-state index is 0.104. The van der Waals surface area contributed by atoms with Crippen molar-refractivity contribution < 1.29 is 66.7 Å². The van der Waals surface area contributed by atoms with Gasteiger partial charge in [0.1, 0.15) is 12.7 Å². The second kappa shape index (κ2) is 36.9. The van der Waals surface area contributed by atoms with Crippen LogP contribution in [0.1, 0.15) is 156 Å². The van der Waals surface area contributed by atoms with Gasteiger partial charge in [-0.3, -0.25) is 23.2 Å². The van der Waals surface area contributed by atoms with Crippen molar-refractivity contribution in [2.24, 2.45) is 5.92 Å². The van der Waals surface area contributed by atoms with Crippen LogP contribution >= 0.6 is 15.6 Å². The zero-order chi connectivity index (χ0) is 43.3. The minimum atomic E-state index is -4.87. The second-order valence-corrected chi connectivity index (χ2v) is 17.6. The van der Waals surface area contributed by atoms with Crippen LogP contribution in [0.2, 0.25) is 0 Å². The number of esters is 2. The predicted octanol–water partition coefficient (Wildman–Crippen LogP) is 9.50. The van der Waals surface area contributed by atoms with Crippen molar-refractivity contribution in [1.29, 1.82) is 0 Å². The maximum Gasteiger partial charge on any atom is 0.472 e. The van der Waals surface area contributed by atoms with E-state index in [9.17, 15) is 33.8 Å². The average Bonchev–Trinajstić information content (AvgIpc) is 3.15. The molecule has 0 bridgehead atoms. The Labute approximate surface area is 348 Å². The van der Waals surface area contributed by atoms with Crippen LogP contribution in [-0.4, -0.2) is 81.6 Å². The first-order valence-corrected chi connectivity index (χ1v) is 24.3. The molecular weight excluding hydrogens is 790 g/mol. The summed E-state index contributed by atoms with van der Waals surface area (Å²) >= 11 is 0. The maximum atomic E-state index is 12.6. The molecule has 2 unspecified atom stereocenters. The van der Waals surface area contributed by atoms with Crippen LogP contribution in [0.5, 0.6) is 0 Å². The molecule has 0 radical (unpaired) electrons. The summed E-state index contributed by atoms with van der Waals surface area (Å²) in [4.78, 5) is 52.6. The van der Waals surface area contributed by atoms with Gasteiger partial charge in [-0.15, -0.1) is 0 Å². The number of ether oxygens (including phenoxy) is 2. The Kier molecular flexibility index (Phi) is 35.6. The third-order valence-electron chi connectivity index (χ3n) is 8.69. The monoisotopic (exact) mass is 866 g/mol. The van der Waals surface area contributed by atoms with E-state index >= 15 is 0 Å². The Morgan fingerprint density at radius 1 is 0.569 bits per heavy atom. The van der Waals surface area contributed by atoms with Crippen molar-refractivity contribution >= 4 is 27.6 Å². The molecule has 0 rings (SSSR count). The molecule has 0 aliphatic carbocycles. The Bertz CT molecular complexity index is 1250. The van der Waals surface area contributed by atoms with Gasteiger partial charge in [0.05, 0.1) is 25.9 Å². The van der Waals surface area contributed by atoms with E-state index in [0.717, 1.165) is 63.7 Å². The van der Waals surface area contributed by atoms with Crippen LogP contribution in [0, 0.1) is 5.92 Å². The van der Waals surface area contributed by atoms with E-state index in [0.29, 0.717) is 25.7 Å². The van der Waals surface area contributed by atoms with Gasteiger partial charge in [0.2, 0.25) is 0 Å². The molecule has 0 aliphatic heterocycles. The lowest BCUT2D eigenvalue weighted by Crippen LogP contribution is -2.30. The number of hydrogen-bond acceptors (Lipinski definition) is 11. The fourth-order valence-electron chi connectivity index (χ4n) is 5.48. The van der Waals surface area contributed by atoms with Crippen molar-refractivity contribution in [3.05, 3.63) is 48.6 Å². The van der Waals surface area contributed by atoms with Gasteiger partial charge >= 0.3 is 27.6 Å². The van der Waals surface area contributed by atoms with Crippen LogP contribution in [0.4, 0.5) is 0 Å². The van der Waals surface area contributed by atoms with Crippen molar-refractivity contribution in [3.63, 3.8) is 0 Å². The maximum absolute atomic E-state index is 12.6. The van der Waals surface area contributed by atoms with Gasteiger partial charge in [0.15, 0.2) is 6.10 Å². The quantitative estimate of drug-likeness (QED) is 0.0168. The van der Waals surface area contributed by atoms with Gasteiger partial charge in [-0.05, 0) is 57.3 Å². The molecule has 14 nitrogen and oxygen atoms in total. The standard InChI is InChI=1S/C42H76O14P2/c1-4-28-38(43)30-25-21-17-13-8-6-5-7-9-14-18-22-26-31-41(45)52-35-40(36-55-58(50,51)54-34-39(44)33-53-57(47,48)49)56-42(46)32-27-23-19-15-11-10-12-16-20-24-29-37(2)3/h5,7-8,13-14,18,21,25,37-40,43-44H,4,6,9-12,15-17,19-20,22-24,26-36H2,1-3H3,(H,50,51)(H2,47,48,49)/b7-5-,13-8-,18-14-,25-21-/t38?,39-,40+/m0/s1. The lowest BCUT2D eigenvalue weighted by molar-refractivity contribution is -0.161. The summed E-state index contributed by atoms with van der Waals surface area (Å²) in [5, 5.41) is 19.5. The highest BCUT2D eigenvalue weighted by Crippen LogP contribution is 2.43. The fraction of sp³-hybridized carbons (Fsp3) is 0.762. The number of allylic oxidation sites excluding steroid dienone is 7. The van der Waals surface area contributed by atoms with Crippen molar-refractivity contribution in [2.75, 3.05) is 26.4 Å². The Hall–Kier alpha value is -1.96. The molecule has 58 heavy (non-hydrogen) atoms. The van der Waals surface area contributed by atoms with Crippen LogP contribution in [-0.2, 0) is 41.8 Å². The molecule has 5 N–H and O–H groups in total. The van der Waals surface area contributed by atoms with Crippen LogP contribution in [0.15, 0.2) is 48.6 Å². The number of aliphatic hydroxyl groups excluding tert-OH is 2. The van der Waals surface area contributed by atoms with E-state index in [4.69, 9.17) is 23.8 Å². The van der Waals surface area contributed by atoms with E-state index in [1.54, 1.807) is 0 Å².